The summed E-state index contributed by atoms with van der Waals surface area (Å²) in [5, 5.41) is 5.44. The zero-order valence-corrected chi connectivity index (χ0v) is 27.1. The normalized spacial score (nSPS) is 18.3. The Balaban J connectivity index is 1.26. The van der Waals surface area contributed by atoms with Crippen molar-refractivity contribution in [2.24, 2.45) is 0 Å². The number of likely N-dealkylation sites (N-methyl/N-ethyl adjacent to an activating group) is 3. The van der Waals surface area contributed by atoms with Crippen molar-refractivity contribution in [3.63, 3.8) is 0 Å². The molecule has 2 amide bonds. The van der Waals surface area contributed by atoms with Crippen LogP contribution in [0.1, 0.15) is 35.7 Å². The van der Waals surface area contributed by atoms with E-state index in [1.807, 2.05) is 43.3 Å². The lowest BCUT2D eigenvalue weighted by Gasteiger charge is -2.24. The van der Waals surface area contributed by atoms with Crippen molar-refractivity contribution in [2.75, 3.05) is 63.4 Å². The first-order valence-electron chi connectivity index (χ1n) is 14.7. The number of methoxy groups -OCH3 is 1. The second-order valence-electron chi connectivity index (χ2n) is 11.4. The average Bonchev–Trinajstić information content (AvgIpc) is 3.47. The number of carbonyl (C=O) groups excluding carboxylic acids is 2. The first kappa shape index (κ1) is 32.0. The summed E-state index contributed by atoms with van der Waals surface area (Å²) in [5.74, 6) is 1.09. The maximum atomic E-state index is 13.4. The van der Waals surface area contributed by atoms with Crippen LogP contribution in [0.5, 0.6) is 11.5 Å². The van der Waals surface area contributed by atoms with Crippen LogP contribution in [0, 0.1) is 0 Å². The number of anilines is 3. The molecule has 0 aromatic heterocycles. The minimum atomic E-state index is -3.66. The molecule has 2 N–H and O–H groups in total. The molecule has 45 heavy (non-hydrogen) atoms. The van der Waals surface area contributed by atoms with E-state index in [1.54, 1.807) is 25.3 Å². The van der Waals surface area contributed by atoms with Crippen LogP contribution in [-0.2, 0) is 10.0 Å². The van der Waals surface area contributed by atoms with Gasteiger partial charge in [-0.05, 0) is 100 Å². The molecule has 2 atom stereocenters. The SMILES string of the molecule is CCN1c2ccc(OC)cc2C(/C=C2\Oc3ccc(NC(=O)Nc4ccc(S(=O)(=O)N(C)CCN(C)C)cc4)cc3C2=O)C1C. The number of hydrogen-bond donors (Lipinski definition) is 2. The van der Waals surface area contributed by atoms with E-state index in [1.165, 1.54) is 35.6 Å². The Morgan fingerprint density at radius 1 is 1.00 bits per heavy atom. The number of carbonyl (C=O) groups is 2. The van der Waals surface area contributed by atoms with Gasteiger partial charge in [0, 0.05) is 55.7 Å². The molecule has 2 aliphatic heterocycles. The molecule has 11 nitrogen and oxygen atoms in total. The van der Waals surface area contributed by atoms with Crippen LogP contribution < -0.4 is 25.0 Å². The van der Waals surface area contributed by atoms with E-state index < -0.39 is 16.1 Å². The van der Waals surface area contributed by atoms with E-state index >= 15 is 0 Å². The van der Waals surface area contributed by atoms with Gasteiger partial charge in [-0.2, -0.15) is 4.31 Å². The summed E-state index contributed by atoms with van der Waals surface area (Å²) < 4.78 is 38.4. The Bertz CT molecular complexity index is 1740. The molecule has 238 valence electrons. The summed E-state index contributed by atoms with van der Waals surface area (Å²) in [6.45, 7) is 6.00. The molecule has 0 radical (unpaired) electrons. The molecular weight excluding hydrogens is 594 g/mol. The zero-order valence-electron chi connectivity index (χ0n) is 26.3. The highest BCUT2D eigenvalue weighted by Gasteiger charge is 2.37. The van der Waals surface area contributed by atoms with E-state index in [-0.39, 0.29) is 28.4 Å². The van der Waals surface area contributed by atoms with Gasteiger partial charge >= 0.3 is 6.03 Å². The highest BCUT2D eigenvalue weighted by molar-refractivity contribution is 7.89. The molecule has 3 aromatic carbocycles. The summed E-state index contributed by atoms with van der Waals surface area (Å²) in [6, 6.07) is 16.4. The van der Waals surface area contributed by atoms with E-state index in [2.05, 4.69) is 29.4 Å². The summed E-state index contributed by atoms with van der Waals surface area (Å²) in [4.78, 5) is 30.5. The predicted octanol–water partition coefficient (Wildman–Crippen LogP) is 4.99. The number of nitrogens with zero attached hydrogens (tertiary/aromatic N) is 3. The molecule has 12 heteroatoms. The van der Waals surface area contributed by atoms with Crippen LogP contribution in [0.15, 0.2) is 77.4 Å². The van der Waals surface area contributed by atoms with Crippen LogP contribution in [-0.4, -0.2) is 83.4 Å². The summed E-state index contributed by atoms with van der Waals surface area (Å²) in [6.07, 6.45) is 1.88. The highest BCUT2D eigenvalue weighted by atomic mass is 32.2. The number of allylic oxidation sites excluding steroid dienone is 1. The fourth-order valence-corrected chi connectivity index (χ4v) is 6.80. The smallest absolute Gasteiger partial charge is 0.323 e. The van der Waals surface area contributed by atoms with Crippen molar-refractivity contribution in [2.45, 2.75) is 30.7 Å². The van der Waals surface area contributed by atoms with Gasteiger partial charge in [0.2, 0.25) is 15.8 Å². The number of fused-ring (bicyclic) bond motifs is 2. The quantitative estimate of drug-likeness (QED) is 0.300. The Kier molecular flexibility index (Phi) is 9.19. The number of ether oxygens (including phenoxy) is 2. The highest BCUT2D eigenvalue weighted by Crippen LogP contribution is 2.45. The van der Waals surface area contributed by atoms with Gasteiger partial charge in [-0.3, -0.25) is 4.79 Å². The maximum Gasteiger partial charge on any atom is 0.323 e. The first-order chi connectivity index (χ1) is 21.4. The van der Waals surface area contributed by atoms with Crippen LogP contribution in [0.3, 0.4) is 0 Å². The van der Waals surface area contributed by atoms with Gasteiger partial charge in [0.15, 0.2) is 5.76 Å². The van der Waals surface area contributed by atoms with Crippen LogP contribution in [0.25, 0.3) is 0 Å². The predicted molar refractivity (Wildman–Crippen MR) is 175 cm³/mol. The number of hydrogen-bond acceptors (Lipinski definition) is 8. The number of amides is 2. The van der Waals surface area contributed by atoms with E-state index in [4.69, 9.17) is 9.47 Å². The van der Waals surface area contributed by atoms with Crippen molar-refractivity contribution < 1.29 is 27.5 Å². The number of benzene rings is 3. The van der Waals surface area contributed by atoms with Crippen LogP contribution in [0.4, 0.5) is 21.9 Å². The summed E-state index contributed by atoms with van der Waals surface area (Å²) >= 11 is 0. The third kappa shape index (κ3) is 6.53. The first-order valence-corrected chi connectivity index (χ1v) is 16.2. The lowest BCUT2D eigenvalue weighted by molar-refractivity contribution is 0.101. The number of ketones is 1. The minimum Gasteiger partial charge on any atom is -0.497 e. The second-order valence-corrected chi connectivity index (χ2v) is 13.4. The summed E-state index contributed by atoms with van der Waals surface area (Å²) in [5.41, 5.74) is 3.36. The molecule has 0 fully saturated rings. The molecule has 2 heterocycles. The second kappa shape index (κ2) is 12.9. The Morgan fingerprint density at radius 2 is 1.69 bits per heavy atom. The number of urea groups is 1. The van der Waals surface area contributed by atoms with E-state index in [0.717, 1.165) is 23.5 Å². The van der Waals surface area contributed by atoms with E-state index in [0.29, 0.717) is 35.8 Å². The Labute approximate surface area is 264 Å². The number of sulfonamides is 1. The molecule has 3 aromatic rings. The van der Waals surface area contributed by atoms with Gasteiger partial charge < -0.3 is 29.9 Å². The van der Waals surface area contributed by atoms with Crippen LogP contribution in [0.2, 0.25) is 0 Å². The van der Waals surface area contributed by atoms with Gasteiger partial charge in [-0.15, -0.1) is 0 Å². The molecule has 0 aliphatic carbocycles. The fraction of sp³-hybridized carbons (Fsp3) is 0.333. The zero-order chi connectivity index (χ0) is 32.5. The Hall–Kier alpha value is -4.39. The molecule has 2 unspecified atom stereocenters. The van der Waals surface area contributed by atoms with Crippen LogP contribution >= 0.6 is 0 Å². The third-order valence-electron chi connectivity index (χ3n) is 8.19. The topological polar surface area (TPSA) is 121 Å². The van der Waals surface area contributed by atoms with Gasteiger partial charge in [0.05, 0.1) is 17.6 Å². The van der Waals surface area contributed by atoms with E-state index in [9.17, 15) is 18.0 Å². The minimum absolute atomic E-state index is 0.0773. The standard InChI is InChI=1S/C33H39N5O6S/c1-7-38-21(2)26(27-19-24(43-6)11-14-29(27)38)20-31-32(39)28-18-23(10-15-30(28)44-31)35-33(40)34-22-8-12-25(13-9-22)45(41,42)37(5)17-16-36(3)4/h8-15,18-21,26H,7,16-17H2,1-6H3,(H2,34,35,40)/b31-20-. The Morgan fingerprint density at radius 3 is 2.36 bits per heavy atom. The van der Waals surface area contributed by atoms with Crippen molar-refractivity contribution in [3.8, 4) is 11.5 Å². The number of rotatable bonds is 10. The summed E-state index contributed by atoms with van der Waals surface area (Å²) in [7, 11) is 3.27. The lowest BCUT2D eigenvalue weighted by Crippen LogP contribution is -2.33. The monoisotopic (exact) mass is 633 g/mol. The van der Waals surface area contributed by atoms with Gasteiger partial charge in [-0.1, -0.05) is 0 Å². The molecule has 2 aliphatic rings. The fourth-order valence-electron chi connectivity index (χ4n) is 5.64. The van der Waals surface area contributed by atoms with Crippen molar-refractivity contribution in [1.29, 1.82) is 0 Å². The molecule has 0 saturated carbocycles. The van der Waals surface area contributed by atoms with Gasteiger partial charge in [0.1, 0.15) is 11.5 Å². The molecule has 0 bridgehead atoms. The molecule has 5 rings (SSSR count). The molecule has 0 spiro atoms. The van der Waals surface area contributed by atoms with Gasteiger partial charge in [0.25, 0.3) is 0 Å². The van der Waals surface area contributed by atoms with Crippen molar-refractivity contribution in [3.05, 3.63) is 83.6 Å². The lowest BCUT2D eigenvalue weighted by atomic mass is 9.94. The largest absolute Gasteiger partial charge is 0.497 e. The van der Waals surface area contributed by atoms with Gasteiger partial charge in [-0.25, -0.2) is 13.2 Å². The maximum absolute atomic E-state index is 13.4. The van der Waals surface area contributed by atoms with Crippen molar-refractivity contribution in [1.82, 2.24) is 9.21 Å². The molecular formula is C33H39N5O6S. The number of nitrogens with one attached hydrogen (secondary N) is 2. The average molecular weight is 634 g/mol. The number of Topliss-reactive ketones (excluding diaryl/α,β-unsaturated/α-hetero) is 1. The molecule has 0 saturated heterocycles. The third-order valence-corrected chi connectivity index (χ3v) is 10.1. The van der Waals surface area contributed by atoms with Crippen molar-refractivity contribution >= 4 is 38.9 Å².